The Bertz CT molecular complexity index is 1270. The van der Waals surface area contributed by atoms with Crippen molar-refractivity contribution in [3.8, 4) is 22.9 Å². The number of aryl methyl sites for hydroxylation is 1. The van der Waals surface area contributed by atoms with Gasteiger partial charge in [-0.05, 0) is 59.4 Å². The lowest BCUT2D eigenvalue weighted by atomic mass is 9.70. The summed E-state index contributed by atoms with van der Waals surface area (Å²) in [4.78, 5) is 15.5. The molecule has 6 nitrogen and oxygen atoms in total. The number of hydrogen-bond acceptors (Lipinski definition) is 6. The summed E-state index contributed by atoms with van der Waals surface area (Å²) in [7, 11) is 1.64. The lowest BCUT2D eigenvalue weighted by molar-refractivity contribution is -0.384. The first-order valence-electron chi connectivity index (χ1n) is 11.7. The van der Waals surface area contributed by atoms with E-state index in [-0.39, 0.29) is 11.1 Å². The van der Waals surface area contributed by atoms with Crippen LogP contribution in [0.2, 0.25) is 0 Å². The molecule has 0 saturated carbocycles. The molecule has 0 spiro atoms. The topological polar surface area (TPSA) is 89.0 Å². The molecule has 3 aromatic rings. The molecule has 0 fully saturated rings. The van der Waals surface area contributed by atoms with Crippen molar-refractivity contribution >= 4 is 17.4 Å². The number of methoxy groups -OCH3 is 1. The number of nitriles is 1. The van der Waals surface area contributed by atoms with E-state index in [4.69, 9.17) is 9.72 Å². The maximum Gasteiger partial charge on any atom is 0.269 e. The average Bonchev–Trinajstić information content (AvgIpc) is 2.86. The van der Waals surface area contributed by atoms with Gasteiger partial charge in [0.05, 0.1) is 17.6 Å². The van der Waals surface area contributed by atoms with Crippen molar-refractivity contribution in [1.29, 1.82) is 5.26 Å². The van der Waals surface area contributed by atoms with Gasteiger partial charge in [0.2, 0.25) is 0 Å². The van der Waals surface area contributed by atoms with E-state index in [0.29, 0.717) is 22.3 Å². The lowest BCUT2D eigenvalue weighted by Gasteiger charge is -2.36. The SMILES string of the molecule is COc1ccc(-c2c(C#N)c(SCc3ccc([N+](=O)[O-])cc3)nc3c2CC(C(C)(C)C)CC3)cc1. The van der Waals surface area contributed by atoms with Gasteiger partial charge in [-0.15, -0.1) is 11.8 Å². The van der Waals surface area contributed by atoms with Crippen LogP contribution in [0.25, 0.3) is 11.1 Å². The van der Waals surface area contributed by atoms with Gasteiger partial charge in [-0.1, -0.05) is 45.0 Å². The molecule has 0 N–H and O–H groups in total. The molecule has 1 aromatic heterocycles. The Morgan fingerprint density at radius 3 is 2.43 bits per heavy atom. The molecule has 0 radical (unpaired) electrons. The van der Waals surface area contributed by atoms with Crippen molar-refractivity contribution in [3.63, 3.8) is 0 Å². The van der Waals surface area contributed by atoms with Crippen LogP contribution in [0.3, 0.4) is 0 Å². The molecule has 4 rings (SSSR count). The molecule has 35 heavy (non-hydrogen) atoms. The van der Waals surface area contributed by atoms with Gasteiger partial charge in [-0.3, -0.25) is 10.1 Å². The Labute approximate surface area is 210 Å². The maximum atomic E-state index is 11.0. The number of nitro groups is 1. The largest absolute Gasteiger partial charge is 0.497 e. The van der Waals surface area contributed by atoms with Crippen LogP contribution in [0.4, 0.5) is 5.69 Å². The van der Waals surface area contributed by atoms with Gasteiger partial charge in [0, 0.05) is 29.1 Å². The predicted molar refractivity (Wildman–Crippen MR) is 139 cm³/mol. The van der Waals surface area contributed by atoms with Crippen LogP contribution in [0.1, 0.15) is 49.6 Å². The smallest absolute Gasteiger partial charge is 0.269 e. The minimum absolute atomic E-state index is 0.0681. The Balaban J connectivity index is 1.76. The molecule has 1 atom stereocenters. The minimum atomic E-state index is -0.401. The van der Waals surface area contributed by atoms with Gasteiger partial charge in [-0.2, -0.15) is 5.26 Å². The molecule has 1 unspecified atom stereocenters. The number of thioether (sulfide) groups is 1. The highest BCUT2D eigenvalue weighted by atomic mass is 32.2. The minimum Gasteiger partial charge on any atom is -0.497 e. The van der Waals surface area contributed by atoms with Gasteiger partial charge in [0.15, 0.2) is 0 Å². The third-order valence-corrected chi connectivity index (χ3v) is 7.82. The highest BCUT2D eigenvalue weighted by Gasteiger charge is 2.32. The number of rotatable bonds is 6. The second-order valence-electron chi connectivity index (χ2n) is 9.95. The first kappa shape index (κ1) is 24.7. The number of pyridine rings is 1. The van der Waals surface area contributed by atoms with Crippen molar-refractivity contribution in [1.82, 2.24) is 4.98 Å². The van der Waals surface area contributed by atoms with Crippen LogP contribution in [0.15, 0.2) is 53.6 Å². The van der Waals surface area contributed by atoms with Gasteiger partial charge in [-0.25, -0.2) is 4.98 Å². The number of benzene rings is 2. The number of nitrogens with zero attached hydrogens (tertiary/aromatic N) is 3. The molecule has 2 aromatic carbocycles. The Hall–Kier alpha value is -3.37. The molecule has 180 valence electrons. The third-order valence-electron chi connectivity index (χ3n) is 6.77. The highest BCUT2D eigenvalue weighted by molar-refractivity contribution is 7.98. The molecule has 0 aliphatic heterocycles. The molecule has 1 heterocycles. The summed E-state index contributed by atoms with van der Waals surface area (Å²) in [5.74, 6) is 1.86. The third kappa shape index (κ3) is 5.33. The molecule has 0 bridgehead atoms. The van der Waals surface area contributed by atoms with E-state index in [2.05, 4.69) is 26.8 Å². The number of non-ortho nitro benzene ring substituents is 1. The summed E-state index contributed by atoms with van der Waals surface area (Å²) >= 11 is 1.51. The fraction of sp³-hybridized carbons (Fsp3) is 0.357. The normalized spacial score (nSPS) is 15.2. The quantitative estimate of drug-likeness (QED) is 0.212. The van der Waals surface area contributed by atoms with E-state index in [1.807, 2.05) is 24.3 Å². The number of ether oxygens (including phenoxy) is 1. The monoisotopic (exact) mass is 487 g/mol. The second-order valence-corrected chi connectivity index (χ2v) is 10.9. The summed E-state index contributed by atoms with van der Waals surface area (Å²) in [6.45, 7) is 6.84. The fourth-order valence-corrected chi connectivity index (χ4v) is 5.59. The molecular weight excluding hydrogens is 458 g/mol. The zero-order valence-electron chi connectivity index (χ0n) is 20.5. The number of fused-ring (bicyclic) bond motifs is 1. The van der Waals surface area contributed by atoms with Gasteiger partial charge in [0.25, 0.3) is 5.69 Å². The zero-order chi connectivity index (χ0) is 25.2. The van der Waals surface area contributed by atoms with Crippen LogP contribution in [-0.2, 0) is 18.6 Å². The van der Waals surface area contributed by atoms with Gasteiger partial charge < -0.3 is 4.74 Å². The van der Waals surface area contributed by atoms with E-state index >= 15 is 0 Å². The average molecular weight is 488 g/mol. The first-order chi connectivity index (χ1) is 16.7. The van der Waals surface area contributed by atoms with E-state index in [0.717, 1.165) is 47.4 Å². The predicted octanol–water partition coefficient (Wildman–Crippen LogP) is 6.98. The molecule has 7 heteroatoms. The van der Waals surface area contributed by atoms with Crippen molar-refractivity contribution in [2.75, 3.05) is 7.11 Å². The molecule has 0 amide bonds. The Morgan fingerprint density at radius 1 is 1.17 bits per heavy atom. The summed E-state index contributed by atoms with van der Waals surface area (Å²) < 4.78 is 5.35. The van der Waals surface area contributed by atoms with E-state index in [1.165, 1.54) is 29.5 Å². The van der Waals surface area contributed by atoms with Crippen LogP contribution in [0, 0.1) is 32.8 Å². The van der Waals surface area contributed by atoms with Gasteiger partial charge in [0.1, 0.15) is 16.8 Å². The number of aromatic nitrogens is 1. The summed E-state index contributed by atoms with van der Waals surface area (Å²) in [6, 6.07) is 16.9. The fourth-order valence-electron chi connectivity index (χ4n) is 4.62. The Kier molecular flexibility index (Phi) is 7.13. The van der Waals surface area contributed by atoms with Gasteiger partial charge >= 0.3 is 0 Å². The summed E-state index contributed by atoms with van der Waals surface area (Å²) in [5.41, 5.74) is 5.99. The van der Waals surface area contributed by atoms with Crippen molar-refractivity contribution in [3.05, 3.63) is 81.0 Å². The number of nitro benzene ring substituents is 1. The summed E-state index contributed by atoms with van der Waals surface area (Å²) in [6.07, 6.45) is 2.86. The van der Waals surface area contributed by atoms with E-state index in [1.54, 1.807) is 19.2 Å². The lowest BCUT2D eigenvalue weighted by Crippen LogP contribution is -2.28. The Morgan fingerprint density at radius 2 is 1.86 bits per heavy atom. The van der Waals surface area contributed by atoms with Crippen LogP contribution < -0.4 is 4.74 Å². The molecule has 0 saturated heterocycles. The van der Waals surface area contributed by atoms with Crippen molar-refractivity contribution in [2.24, 2.45) is 11.3 Å². The second kappa shape index (κ2) is 10.1. The summed E-state index contributed by atoms with van der Waals surface area (Å²) in [5, 5.41) is 21.9. The highest BCUT2D eigenvalue weighted by Crippen LogP contribution is 2.43. The van der Waals surface area contributed by atoms with Crippen molar-refractivity contribution in [2.45, 2.75) is 50.8 Å². The maximum absolute atomic E-state index is 11.0. The van der Waals surface area contributed by atoms with Crippen molar-refractivity contribution < 1.29 is 9.66 Å². The standard InChI is InChI=1S/C28H29N3O3S/c1-28(2,3)20-9-14-25-23(15-20)26(19-7-12-22(34-4)13-8-19)24(16-29)27(30-25)35-17-18-5-10-21(11-6-18)31(32)33/h5-8,10-13,20H,9,14-15,17H2,1-4H3. The van der Waals surface area contributed by atoms with Crippen LogP contribution in [-0.4, -0.2) is 17.0 Å². The molecule has 1 aliphatic carbocycles. The van der Waals surface area contributed by atoms with E-state index < -0.39 is 4.92 Å². The number of hydrogen-bond donors (Lipinski definition) is 0. The molecule has 1 aliphatic rings. The van der Waals surface area contributed by atoms with E-state index in [9.17, 15) is 15.4 Å². The van der Waals surface area contributed by atoms with Crippen LogP contribution in [0.5, 0.6) is 5.75 Å². The molecular formula is C28H29N3O3S. The zero-order valence-corrected chi connectivity index (χ0v) is 21.3. The van der Waals surface area contributed by atoms with Crippen LogP contribution >= 0.6 is 11.8 Å². The first-order valence-corrected chi connectivity index (χ1v) is 12.7.